The first kappa shape index (κ1) is 25.0. The van der Waals surface area contributed by atoms with Gasteiger partial charge in [-0.2, -0.15) is 0 Å². The Bertz CT molecular complexity index is 969. The van der Waals surface area contributed by atoms with E-state index >= 15 is 0 Å². The summed E-state index contributed by atoms with van der Waals surface area (Å²) < 4.78 is 2.68. The van der Waals surface area contributed by atoms with Crippen LogP contribution in [0.5, 0.6) is 0 Å². The summed E-state index contributed by atoms with van der Waals surface area (Å²) in [5, 5.41) is 0.745. The van der Waals surface area contributed by atoms with Gasteiger partial charge in [0.05, 0.1) is 0 Å². The van der Waals surface area contributed by atoms with E-state index in [2.05, 4.69) is 27.8 Å². The van der Waals surface area contributed by atoms with Crippen LogP contribution in [0.15, 0.2) is 38.7 Å². The molecule has 3 rings (SSSR count). The number of halogens is 1. The Morgan fingerprint density at radius 1 is 1.12 bits per heavy atom. The van der Waals surface area contributed by atoms with E-state index in [0.717, 1.165) is 77.8 Å². The summed E-state index contributed by atoms with van der Waals surface area (Å²) in [5.74, 6) is 1.12. The van der Waals surface area contributed by atoms with Crippen LogP contribution in [0.1, 0.15) is 43.0 Å². The molecule has 1 aromatic carbocycles. The van der Waals surface area contributed by atoms with Crippen molar-refractivity contribution >= 4 is 33.6 Å². The van der Waals surface area contributed by atoms with Gasteiger partial charge in [-0.15, -0.1) is 0 Å². The molecule has 0 radical (unpaired) electrons. The number of likely N-dealkylation sites (N-methyl/N-ethyl adjacent to an activating group) is 1. The van der Waals surface area contributed by atoms with E-state index in [-0.39, 0.29) is 11.5 Å². The molecule has 2 heterocycles. The van der Waals surface area contributed by atoms with Crippen molar-refractivity contribution in [2.45, 2.75) is 44.7 Å². The van der Waals surface area contributed by atoms with E-state index in [1.807, 2.05) is 36.1 Å². The molecule has 0 spiro atoms. The number of hydrogen-bond donors (Lipinski definition) is 0. The first-order valence-electron chi connectivity index (χ1n) is 11.3. The Labute approximate surface area is 203 Å². The first-order chi connectivity index (χ1) is 15.4. The number of aryl methyl sites for hydroxylation is 1. The Kier molecular flexibility index (Phi) is 9.37. The van der Waals surface area contributed by atoms with E-state index in [1.165, 1.54) is 0 Å². The predicted octanol–water partition coefficient (Wildman–Crippen LogP) is 3.87. The summed E-state index contributed by atoms with van der Waals surface area (Å²) in [6, 6.07) is 8.03. The number of nitrogens with zero attached hydrogens (tertiary/aromatic N) is 4. The molecule has 1 fully saturated rings. The normalized spacial score (nSPS) is 14.7. The van der Waals surface area contributed by atoms with Crippen LogP contribution in [0.4, 0.5) is 0 Å². The Morgan fingerprint density at radius 3 is 2.47 bits per heavy atom. The van der Waals surface area contributed by atoms with Crippen molar-refractivity contribution in [2.75, 3.05) is 38.5 Å². The van der Waals surface area contributed by atoms with Crippen LogP contribution >= 0.6 is 27.7 Å². The highest BCUT2D eigenvalue weighted by molar-refractivity contribution is 9.10. The zero-order chi connectivity index (χ0) is 23.1. The number of aromatic nitrogens is 2. The second-order valence-electron chi connectivity index (χ2n) is 8.25. The van der Waals surface area contributed by atoms with Crippen LogP contribution < -0.4 is 5.56 Å². The van der Waals surface area contributed by atoms with Gasteiger partial charge in [-0.25, -0.2) is 4.98 Å². The number of carbonyl (C=O) groups excluding carboxylic acids is 1. The van der Waals surface area contributed by atoms with Crippen molar-refractivity contribution in [1.29, 1.82) is 0 Å². The molecule has 0 unspecified atom stereocenters. The largest absolute Gasteiger partial charge is 0.340 e. The third-order valence-corrected chi connectivity index (χ3v) is 7.68. The standard InChI is InChI=1S/C24H33BrN4O2S/c1-4-28-12-14-29(15-13-28)22(30)7-5-6-16-32-24-26-18(2)21(23(31)27(24)3)17-19-8-10-20(25)11-9-19/h8-11H,4-7,12-17H2,1-3H3. The molecule has 8 heteroatoms. The summed E-state index contributed by atoms with van der Waals surface area (Å²) in [7, 11) is 1.79. The van der Waals surface area contributed by atoms with E-state index in [0.29, 0.717) is 12.8 Å². The lowest BCUT2D eigenvalue weighted by Crippen LogP contribution is -2.48. The van der Waals surface area contributed by atoms with Gasteiger partial charge in [-0.1, -0.05) is 46.7 Å². The Hall–Kier alpha value is -1.64. The van der Waals surface area contributed by atoms with E-state index in [4.69, 9.17) is 4.98 Å². The van der Waals surface area contributed by atoms with Crippen LogP contribution in [0.25, 0.3) is 0 Å². The molecule has 1 aromatic heterocycles. The average molecular weight is 522 g/mol. The number of rotatable bonds is 9. The molecule has 2 aromatic rings. The number of benzene rings is 1. The smallest absolute Gasteiger partial charge is 0.257 e. The van der Waals surface area contributed by atoms with E-state index in [1.54, 1.807) is 23.4 Å². The van der Waals surface area contributed by atoms with Crippen LogP contribution in [-0.4, -0.2) is 63.7 Å². The summed E-state index contributed by atoms with van der Waals surface area (Å²) in [5.41, 5.74) is 2.65. The van der Waals surface area contributed by atoms with E-state index < -0.39 is 0 Å². The van der Waals surface area contributed by atoms with Gasteiger partial charge >= 0.3 is 0 Å². The van der Waals surface area contributed by atoms with Gasteiger partial charge in [0.15, 0.2) is 5.16 Å². The van der Waals surface area contributed by atoms with Gasteiger partial charge in [-0.05, 0) is 44.0 Å². The highest BCUT2D eigenvalue weighted by Crippen LogP contribution is 2.19. The fourth-order valence-electron chi connectivity index (χ4n) is 3.88. The quantitative estimate of drug-likeness (QED) is 0.285. The van der Waals surface area contributed by atoms with E-state index in [9.17, 15) is 9.59 Å². The molecule has 32 heavy (non-hydrogen) atoms. The van der Waals surface area contributed by atoms with Gasteiger partial charge in [0.25, 0.3) is 5.56 Å². The minimum atomic E-state index is 0.0179. The molecule has 1 saturated heterocycles. The Morgan fingerprint density at radius 2 is 1.81 bits per heavy atom. The van der Waals surface area contributed by atoms with Crippen LogP contribution in [-0.2, 0) is 18.3 Å². The monoisotopic (exact) mass is 520 g/mol. The maximum absolute atomic E-state index is 12.9. The van der Waals surface area contributed by atoms with Gasteiger partial charge in [-0.3, -0.25) is 14.2 Å². The number of amides is 1. The van der Waals surface area contributed by atoms with Crippen molar-refractivity contribution in [3.05, 3.63) is 55.9 Å². The molecular formula is C24H33BrN4O2S. The molecule has 174 valence electrons. The minimum Gasteiger partial charge on any atom is -0.340 e. The number of piperazine rings is 1. The second-order valence-corrected chi connectivity index (χ2v) is 10.2. The predicted molar refractivity (Wildman–Crippen MR) is 134 cm³/mol. The van der Waals surface area contributed by atoms with Crippen LogP contribution in [0.2, 0.25) is 0 Å². The maximum Gasteiger partial charge on any atom is 0.257 e. The fourth-order valence-corrected chi connectivity index (χ4v) is 5.16. The van der Waals surface area contributed by atoms with Crippen molar-refractivity contribution in [1.82, 2.24) is 19.4 Å². The molecule has 1 amide bonds. The van der Waals surface area contributed by atoms with Crippen molar-refractivity contribution in [3.8, 4) is 0 Å². The third kappa shape index (κ3) is 6.68. The lowest BCUT2D eigenvalue weighted by atomic mass is 10.1. The lowest BCUT2D eigenvalue weighted by Gasteiger charge is -2.34. The SMILES string of the molecule is CCN1CCN(C(=O)CCCCSc2nc(C)c(Cc3ccc(Br)cc3)c(=O)n2C)CC1. The zero-order valence-electron chi connectivity index (χ0n) is 19.3. The maximum atomic E-state index is 12.9. The summed E-state index contributed by atoms with van der Waals surface area (Å²) in [6.45, 7) is 8.79. The number of unbranched alkanes of at least 4 members (excludes halogenated alkanes) is 1. The van der Waals surface area contributed by atoms with Gasteiger partial charge < -0.3 is 9.80 Å². The zero-order valence-corrected chi connectivity index (χ0v) is 21.7. The number of thioether (sulfide) groups is 1. The molecule has 6 nitrogen and oxygen atoms in total. The summed E-state index contributed by atoms with van der Waals surface area (Å²) >= 11 is 5.04. The molecular weight excluding hydrogens is 488 g/mol. The van der Waals surface area contributed by atoms with Crippen LogP contribution in [0, 0.1) is 6.92 Å². The minimum absolute atomic E-state index is 0.0179. The summed E-state index contributed by atoms with van der Waals surface area (Å²) in [4.78, 5) is 34.4. The lowest BCUT2D eigenvalue weighted by molar-refractivity contribution is -0.133. The molecule has 1 aliphatic heterocycles. The highest BCUT2D eigenvalue weighted by atomic mass is 79.9. The van der Waals surface area contributed by atoms with Gasteiger partial charge in [0, 0.05) is 67.6 Å². The number of carbonyl (C=O) groups is 1. The molecule has 0 N–H and O–H groups in total. The average Bonchev–Trinajstić information content (AvgIpc) is 2.80. The highest BCUT2D eigenvalue weighted by Gasteiger charge is 2.19. The van der Waals surface area contributed by atoms with Crippen molar-refractivity contribution < 1.29 is 4.79 Å². The third-order valence-electron chi connectivity index (χ3n) is 6.03. The summed E-state index contributed by atoms with van der Waals surface area (Å²) in [6.07, 6.45) is 2.98. The van der Waals surface area contributed by atoms with Gasteiger partial charge in [0.1, 0.15) is 0 Å². The topological polar surface area (TPSA) is 58.4 Å². The molecule has 1 aliphatic rings. The Balaban J connectivity index is 1.47. The first-order valence-corrected chi connectivity index (χ1v) is 13.1. The van der Waals surface area contributed by atoms with Crippen LogP contribution in [0.3, 0.4) is 0 Å². The number of hydrogen-bond acceptors (Lipinski definition) is 5. The van der Waals surface area contributed by atoms with Gasteiger partial charge in [0.2, 0.25) is 5.91 Å². The second kappa shape index (κ2) is 12.0. The molecule has 0 saturated carbocycles. The molecule has 0 atom stereocenters. The van der Waals surface area contributed by atoms with Crippen molar-refractivity contribution in [2.24, 2.45) is 7.05 Å². The fraction of sp³-hybridized carbons (Fsp3) is 0.542. The van der Waals surface area contributed by atoms with Crippen molar-refractivity contribution in [3.63, 3.8) is 0 Å². The molecule has 0 bridgehead atoms. The molecule has 0 aliphatic carbocycles.